The Labute approximate surface area is 151 Å². The molecule has 0 atom stereocenters. The standard InChI is InChI=1S/2C8H11.C3H6.2ClH.Zr/c2*1-7(2)8-5-3-4-6-8;1-3-2;;;/h2*3-7H,1-2H3;1-2H3;2*1H;/q2*-1;;;;+2/p-2. The quantitative estimate of drug-likeness (QED) is 0.453. The molecule has 22 heavy (non-hydrogen) atoms. The van der Waals surface area contributed by atoms with Gasteiger partial charge in [0.15, 0.2) is 0 Å². The molecule has 0 heterocycles. The minimum atomic E-state index is -1.84. The van der Waals surface area contributed by atoms with E-state index in [4.69, 9.17) is 17.0 Å². The molecular formula is C19H28Cl2Zr-2. The van der Waals surface area contributed by atoms with Gasteiger partial charge >= 0.3 is 53.0 Å². The van der Waals surface area contributed by atoms with E-state index in [1.807, 2.05) is 13.8 Å². The van der Waals surface area contributed by atoms with Gasteiger partial charge in [-0.3, -0.25) is 0 Å². The summed E-state index contributed by atoms with van der Waals surface area (Å²) in [5.74, 6) is 1.37. The molecule has 0 bridgehead atoms. The molecule has 0 radical (unpaired) electrons. The third-order valence-electron chi connectivity index (χ3n) is 3.09. The third-order valence-corrected chi connectivity index (χ3v) is 9.42. The van der Waals surface area contributed by atoms with E-state index in [2.05, 4.69) is 76.2 Å². The Hall–Kier alpha value is 0.0331. The monoisotopic (exact) mass is 416 g/mol. The van der Waals surface area contributed by atoms with Crippen molar-refractivity contribution in [3.8, 4) is 0 Å². The fourth-order valence-corrected chi connectivity index (χ4v) is 1.55. The van der Waals surface area contributed by atoms with E-state index in [9.17, 15) is 0 Å². The molecule has 3 heteroatoms. The zero-order valence-corrected chi connectivity index (χ0v) is 18.5. The average Bonchev–Trinajstić information content (AvgIpc) is 3.14. The van der Waals surface area contributed by atoms with Crippen molar-refractivity contribution in [1.82, 2.24) is 0 Å². The number of halogens is 2. The molecule has 0 aliphatic carbocycles. The summed E-state index contributed by atoms with van der Waals surface area (Å²) in [7, 11) is 11.1. The van der Waals surface area contributed by atoms with Crippen LogP contribution in [-0.2, 0) is 18.9 Å². The van der Waals surface area contributed by atoms with Crippen LogP contribution in [0.15, 0.2) is 48.5 Å². The Morgan fingerprint density at radius 1 is 0.864 bits per heavy atom. The fraction of sp³-hybridized carbons (Fsp3) is 0.421. The van der Waals surface area contributed by atoms with Crippen molar-refractivity contribution >= 4 is 20.2 Å². The van der Waals surface area contributed by atoms with Gasteiger partial charge in [0, 0.05) is 0 Å². The zero-order valence-electron chi connectivity index (χ0n) is 14.5. The molecule has 2 rings (SSSR count). The first-order valence-corrected chi connectivity index (χ1v) is 15.2. The van der Waals surface area contributed by atoms with Crippen LogP contribution in [0.3, 0.4) is 0 Å². The number of hydrogen-bond acceptors (Lipinski definition) is 0. The number of hydrogen-bond donors (Lipinski definition) is 0. The van der Waals surface area contributed by atoms with Gasteiger partial charge in [-0.2, -0.15) is 47.5 Å². The summed E-state index contributed by atoms with van der Waals surface area (Å²) in [6, 6.07) is 16.9. The molecule has 0 unspecified atom stereocenters. The van der Waals surface area contributed by atoms with Gasteiger partial charge in [-0.1, -0.05) is 39.5 Å². The van der Waals surface area contributed by atoms with Crippen LogP contribution in [-0.4, -0.2) is 3.21 Å². The summed E-state index contributed by atoms with van der Waals surface area (Å²) >= 11 is -1.84. The second-order valence-electron chi connectivity index (χ2n) is 6.01. The van der Waals surface area contributed by atoms with Crippen LogP contribution in [0.25, 0.3) is 0 Å². The van der Waals surface area contributed by atoms with Gasteiger partial charge in [0.1, 0.15) is 0 Å². The van der Waals surface area contributed by atoms with Crippen molar-refractivity contribution in [2.24, 2.45) is 0 Å². The fourth-order valence-electron chi connectivity index (χ4n) is 1.55. The summed E-state index contributed by atoms with van der Waals surface area (Å²) in [4.78, 5) is 0. The van der Waals surface area contributed by atoms with Gasteiger partial charge in [-0.15, -0.1) is 0 Å². The molecule has 2 aromatic rings. The first-order chi connectivity index (χ1) is 10.3. The second-order valence-corrected chi connectivity index (χ2v) is 15.4. The summed E-state index contributed by atoms with van der Waals surface area (Å²) < 4.78 is 1.24. The maximum absolute atomic E-state index is 5.54. The van der Waals surface area contributed by atoms with E-state index in [0.717, 1.165) is 0 Å². The molecule has 0 nitrogen and oxygen atoms in total. The molecular weight excluding hydrogens is 390 g/mol. The molecule has 0 amide bonds. The van der Waals surface area contributed by atoms with Gasteiger partial charge in [-0.05, 0) is 0 Å². The van der Waals surface area contributed by atoms with E-state index in [1.54, 1.807) is 0 Å². The molecule has 0 fully saturated rings. The first-order valence-electron chi connectivity index (χ1n) is 7.67. The summed E-state index contributed by atoms with van der Waals surface area (Å²) in [6.45, 7) is 12.8. The summed E-state index contributed by atoms with van der Waals surface area (Å²) in [6.07, 6.45) is 0. The summed E-state index contributed by atoms with van der Waals surface area (Å²) in [5.41, 5.74) is 2.87. The van der Waals surface area contributed by atoms with Crippen LogP contribution in [0.5, 0.6) is 0 Å². The van der Waals surface area contributed by atoms with E-state index in [0.29, 0.717) is 11.8 Å². The average molecular weight is 419 g/mol. The van der Waals surface area contributed by atoms with Crippen LogP contribution in [0.1, 0.15) is 64.5 Å². The van der Waals surface area contributed by atoms with Crippen molar-refractivity contribution < 1.29 is 18.9 Å². The van der Waals surface area contributed by atoms with Crippen molar-refractivity contribution in [1.29, 1.82) is 0 Å². The molecule has 0 N–H and O–H groups in total. The van der Waals surface area contributed by atoms with Crippen molar-refractivity contribution in [3.05, 3.63) is 59.7 Å². The molecule has 2 aromatic carbocycles. The predicted molar refractivity (Wildman–Crippen MR) is 100 cm³/mol. The minimum absolute atomic E-state index is 0.685. The normalized spacial score (nSPS) is 9.73. The van der Waals surface area contributed by atoms with Crippen molar-refractivity contribution in [2.45, 2.75) is 53.4 Å². The first kappa shape index (κ1) is 22.0. The third kappa shape index (κ3) is 10.7. The van der Waals surface area contributed by atoms with Crippen LogP contribution in [0.4, 0.5) is 0 Å². The van der Waals surface area contributed by atoms with E-state index < -0.39 is 18.9 Å². The SMILES string of the molecule is CC(C)c1cc[cH-]c1.CC(C)c1cc[cH-]c1.C[C](C)=[Zr]([Cl])[Cl]. The van der Waals surface area contributed by atoms with Crippen molar-refractivity contribution in [2.75, 3.05) is 0 Å². The van der Waals surface area contributed by atoms with Crippen molar-refractivity contribution in [3.63, 3.8) is 0 Å². The van der Waals surface area contributed by atoms with E-state index >= 15 is 0 Å². The van der Waals surface area contributed by atoms with Crippen LogP contribution in [0.2, 0.25) is 0 Å². The molecule has 0 aliphatic rings. The maximum atomic E-state index is 5.54. The van der Waals surface area contributed by atoms with Gasteiger partial charge in [0.2, 0.25) is 0 Å². The Morgan fingerprint density at radius 2 is 1.18 bits per heavy atom. The molecule has 0 saturated heterocycles. The molecule has 0 aromatic heterocycles. The van der Waals surface area contributed by atoms with E-state index in [-0.39, 0.29) is 0 Å². The van der Waals surface area contributed by atoms with Crippen LogP contribution >= 0.6 is 17.0 Å². The Morgan fingerprint density at radius 3 is 1.27 bits per heavy atom. The van der Waals surface area contributed by atoms with E-state index in [1.165, 1.54) is 14.3 Å². The zero-order chi connectivity index (χ0) is 17.1. The Kier molecular flexibility index (Phi) is 12.5. The van der Waals surface area contributed by atoms with Gasteiger partial charge in [-0.25, -0.2) is 12.1 Å². The van der Waals surface area contributed by atoms with Crippen LogP contribution < -0.4 is 0 Å². The van der Waals surface area contributed by atoms with Crippen LogP contribution in [0, 0.1) is 0 Å². The topological polar surface area (TPSA) is 0 Å². The van der Waals surface area contributed by atoms with Gasteiger partial charge in [0.05, 0.1) is 0 Å². The molecule has 0 spiro atoms. The summed E-state index contributed by atoms with van der Waals surface area (Å²) in [5, 5.41) is 0. The molecule has 0 aliphatic heterocycles. The number of rotatable bonds is 2. The molecule has 0 saturated carbocycles. The Bertz CT molecular complexity index is 449. The van der Waals surface area contributed by atoms with Gasteiger partial charge < -0.3 is 0 Å². The second kappa shape index (κ2) is 12.5. The van der Waals surface area contributed by atoms with Gasteiger partial charge in [0.25, 0.3) is 0 Å². The predicted octanol–water partition coefficient (Wildman–Crippen LogP) is 7.18. The Balaban J connectivity index is 0.000000306. The molecule has 124 valence electrons.